The quantitative estimate of drug-likeness (QED) is 0.435. The topological polar surface area (TPSA) is 30.9 Å². The lowest BCUT2D eigenvalue weighted by atomic mass is 10.1. The van der Waals surface area contributed by atoms with E-state index in [0.717, 1.165) is 28.9 Å². The molecule has 0 amide bonds. The van der Waals surface area contributed by atoms with Gasteiger partial charge in [-0.3, -0.25) is 4.90 Å². The van der Waals surface area contributed by atoms with E-state index in [9.17, 15) is 0 Å². The van der Waals surface area contributed by atoms with Gasteiger partial charge < -0.3 is 14.2 Å². The summed E-state index contributed by atoms with van der Waals surface area (Å²) in [4.78, 5) is 2.58. The van der Waals surface area contributed by atoms with Gasteiger partial charge >= 0.3 is 0 Å². The standard InChI is InChI=1S/C27H32NO3P/c1-29-23-17-24(30-2)27(31-20-21-11-5-3-6-12-21)26(18-23)32-25-14-8-7-13-22(25)19-28-15-9-4-10-16-28/h3,5-8,11-14,17-18,32H,4,9-10,15-16,19-20H2,1-2H3. The molecule has 32 heavy (non-hydrogen) atoms. The summed E-state index contributed by atoms with van der Waals surface area (Å²) in [6.07, 6.45) is 3.95. The summed E-state index contributed by atoms with van der Waals surface area (Å²) in [7, 11) is 3.82. The molecule has 1 aliphatic heterocycles. The molecule has 1 atom stereocenters. The Labute approximate surface area is 193 Å². The van der Waals surface area contributed by atoms with E-state index in [1.807, 2.05) is 24.3 Å². The maximum Gasteiger partial charge on any atom is 0.169 e. The summed E-state index contributed by atoms with van der Waals surface area (Å²) in [6, 6.07) is 23.0. The van der Waals surface area contributed by atoms with Crippen molar-refractivity contribution >= 4 is 19.2 Å². The second kappa shape index (κ2) is 11.4. The molecule has 0 saturated carbocycles. The highest BCUT2D eigenvalue weighted by molar-refractivity contribution is 7.55. The molecule has 3 aromatic rings. The molecule has 0 radical (unpaired) electrons. The van der Waals surface area contributed by atoms with Crippen molar-refractivity contribution in [3.05, 3.63) is 77.9 Å². The van der Waals surface area contributed by atoms with Crippen molar-refractivity contribution in [3.8, 4) is 17.2 Å². The van der Waals surface area contributed by atoms with Gasteiger partial charge in [0, 0.05) is 17.9 Å². The summed E-state index contributed by atoms with van der Waals surface area (Å²) in [6.45, 7) is 3.88. The van der Waals surface area contributed by atoms with E-state index in [-0.39, 0.29) is 0 Å². The van der Waals surface area contributed by atoms with Gasteiger partial charge in [0.15, 0.2) is 11.5 Å². The number of hydrogen-bond donors (Lipinski definition) is 0. The Balaban J connectivity index is 1.62. The molecular formula is C27H32NO3P. The lowest BCUT2D eigenvalue weighted by molar-refractivity contribution is 0.221. The van der Waals surface area contributed by atoms with Crippen LogP contribution in [-0.4, -0.2) is 32.2 Å². The van der Waals surface area contributed by atoms with Crippen LogP contribution >= 0.6 is 8.58 Å². The Morgan fingerprint density at radius 2 is 1.56 bits per heavy atom. The molecule has 1 saturated heterocycles. The molecule has 0 aromatic heterocycles. The molecule has 4 rings (SSSR count). The Kier molecular flexibility index (Phi) is 8.03. The minimum Gasteiger partial charge on any atom is -0.497 e. The van der Waals surface area contributed by atoms with E-state index in [1.54, 1.807) is 14.2 Å². The van der Waals surface area contributed by atoms with Crippen LogP contribution in [0.4, 0.5) is 0 Å². The summed E-state index contributed by atoms with van der Waals surface area (Å²) in [5.41, 5.74) is 2.52. The van der Waals surface area contributed by atoms with Gasteiger partial charge in [0.2, 0.25) is 0 Å². The summed E-state index contributed by atoms with van der Waals surface area (Å²) in [5, 5.41) is 2.45. The third kappa shape index (κ3) is 5.82. The van der Waals surface area contributed by atoms with Crippen LogP contribution in [0.5, 0.6) is 17.2 Å². The fourth-order valence-electron chi connectivity index (χ4n) is 4.10. The second-order valence-electron chi connectivity index (χ2n) is 8.10. The van der Waals surface area contributed by atoms with Crippen molar-refractivity contribution in [2.45, 2.75) is 32.4 Å². The second-order valence-corrected chi connectivity index (χ2v) is 9.43. The fraction of sp³-hybridized carbons (Fsp3) is 0.333. The van der Waals surface area contributed by atoms with Gasteiger partial charge in [0.1, 0.15) is 12.4 Å². The Bertz CT molecular complexity index is 1000. The molecule has 0 N–H and O–H groups in total. The first-order chi connectivity index (χ1) is 15.8. The first-order valence-corrected chi connectivity index (χ1v) is 12.3. The molecule has 0 bridgehead atoms. The number of methoxy groups -OCH3 is 2. The molecule has 4 nitrogen and oxygen atoms in total. The number of rotatable bonds is 9. The molecule has 1 unspecified atom stereocenters. The number of benzene rings is 3. The Morgan fingerprint density at radius 3 is 2.31 bits per heavy atom. The first kappa shape index (κ1) is 22.6. The minimum absolute atomic E-state index is 0.450. The zero-order valence-corrected chi connectivity index (χ0v) is 20.0. The van der Waals surface area contributed by atoms with Crippen molar-refractivity contribution in [2.24, 2.45) is 0 Å². The summed E-state index contributed by atoms with van der Waals surface area (Å²) in [5.74, 6) is 2.28. The maximum absolute atomic E-state index is 6.32. The molecule has 1 heterocycles. The fourth-order valence-corrected chi connectivity index (χ4v) is 5.42. The van der Waals surface area contributed by atoms with Crippen LogP contribution in [-0.2, 0) is 13.2 Å². The van der Waals surface area contributed by atoms with Crippen LogP contribution in [0, 0.1) is 0 Å². The molecule has 1 aliphatic rings. The van der Waals surface area contributed by atoms with Crippen molar-refractivity contribution in [1.82, 2.24) is 4.90 Å². The minimum atomic E-state index is 0.450. The lowest BCUT2D eigenvalue weighted by Gasteiger charge is -2.27. The average Bonchev–Trinajstić information content (AvgIpc) is 2.85. The Hall–Kier alpha value is -2.55. The largest absolute Gasteiger partial charge is 0.497 e. The number of nitrogens with zero attached hydrogens (tertiary/aromatic N) is 1. The van der Waals surface area contributed by atoms with E-state index < -0.39 is 0 Å². The third-order valence-electron chi connectivity index (χ3n) is 5.84. The highest BCUT2D eigenvalue weighted by Gasteiger charge is 2.18. The van der Waals surface area contributed by atoms with Gasteiger partial charge in [-0.25, -0.2) is 0 Å². The van der Waals surface area contributed by atoms with Gasteiger partial charge in [-0.05, 0) is 48.4 Å². The molecule has 1 fully saturated rings. The van der Waals surface area contributed by atoms with E-state index >= 15 is 0 Å². The monoisotopic (exact) mass is 449 g/mol. The van der Waals surface area contributed by atoms with E-state index in [0.29, 0.717) is 20.9 Å². The number of hydrogen-bond acceptors (Lipinski definition) is 4. The third-order valence-corrected chi connectivity index (χ3v) is 7.24. The molecule has 3 aromatic carbocycles. The van der Waals surface area contributed by atoms with Crippen LogP contribution in [0.15, 0.2) is 66.7 Å². The van der Waals surface area contributed by atoms with Crippen LogP contribution in [0.25, 0.3) is 0 Å². The predicted octanol–water partition coefficient (Wildman–Crippen LogP) is 4.90. The van der Waals surface area contributed by atoms with E-state index in [1.165, 1.54) is 43.2 Å². The zero-order chi connectivity index (χ0) is 22.2. The molecule has 0 spiro atoms. The van der Waals surface area contributed by atoms with Gasteiger partial charge in [0.05, 0.1) is 14.2 Å². The van der Waals surface area contributed by atoms with Crippen LogP contribution in [0.3, 0.4) is 0 Å². The van der Waals surface area contributed by atoms with Crippen molar-refractivity contribution < 1.29 is 14.2 Å². The molecule has 0 aliphatic carbocycles. The summed E-state index contributed by atoms with van der Waals surface area (Å²) >= 11 is 0. The molecule has 5 heteroatoms. The van der Waals surface area contributed by atoms with Crippen molar-refractivity contribution in [2.75, 3.05) is 27.3 Å². The van der Waals surface area contributed by atoms with Gasteiger partial charge in [0.25, 0.3) is 0 Å². The number of ether oxygens (including phenoxy) is 3. The normalized spacial score (nSPS) is 14.6. The van der Waals surface area contributed by atoms with Crippen LogP contribution < -0.4 is 24.8 Å². The lowest BCUT2D eigenvalue weighted by Crippen LogP contribution is -2.30. The van der Waals surface area contributed by atoms with Gasteiger partial charge in [-0.15, -0.1) is 0 Å². The predicted molar refractivity (Wildman–Crippen MR) is 133 cm³/mol. The van der Waals surface area contributed by atoms with Crippen molar-refractivity contribution in [3.63, 3.8) is 0 Å². The summed E-state index contributed by atoms with van der Waals surface area (Å²) < 4.78 is 17.6. The molecule has 168 valence electrons. The highest BCUT2D eigenvalue weighted by atomic mass is 31.1. The van der Waals surface area contributed by atoms with Crippen LogP contribution in [0.1, 0.15) is 30.4 Å². The average molecular weight is 450 g/mol. The Morgan fingerprint density at radius 1 is 0.812 bits per heavy atom. The SMILES string of the molecule is COc1cc(OC)c(OCc2ccccc2)c(Pc2ccccc2CN2CCCCC2)c1. The van der Waals surface area contributed by atoms with Gasteiger partial charge in [-0.2, -0.15) is 0 Å². The van der Waals surface area contributed by atoms with Gasteiger partial charge in [-0.1, -0.05) is 69.6 Å². The van der Waals surface area contributed by atoms with Crippen LogP contribution in [0.2, 0.25) is 0 Å². The smallest absolute Gasteiger partial charge is 0.169 e. The zero-order valence-electron chi connectivity index (χ0n) is 19.0. The number of piperidine rings is 1. The van der Waals surface area contributed by atoms with E-state index in [2.05, 4.69) is 47.4 Å². The first-order valence-electron chi connectivity index (χ1n) is 11.3. The maximum atomic E-state index is 6.32. The van der Waals surface area contributed by atoms with Crippen molar-refractivity contribution in [1.29, 1.82) is 0 Å². The highest BCUT2D eigenvalue weighted by Crippen LogP contribution is 2.35. The molecular weight excluding hydrogens is 417 g/mol. The van der Waals surface area contributed by atoms with E-state index in [4.69, 9.17) is 14.2 Å². The number of likely N-dealkylation sites (tertiary alicyclic amines) is 1.